The highest BCUT2D eigenvalue weighted by Gasteiger charge is 2.49. The minimum Gasteiger partial charge on any atom is -0.461 e. The molecule has 32 heavy (non-hydrogen) atoms. The highest BCUT2D eigenvalue weighted by atomic mass is 16.5. The SMILES string of the molecule is CC(=O)O[C@@H]1CC(=O)[C@H]([C@@H]2C[C@H](C)CC[C@@H]2C(C)C)[C@H]1/C=C/CCC(O)c1ccccc1. The fourth-order valence-corrected chi connectivity index (χ4v) is 6.06. The van der Waals surface area contributed by atoms with E-state index in [9.17, 15) is 14.7 Å². The first-order valence-electron chi connectivity index (χ1n) is 12.4. The predicted molar refractivity (Wildman–Crippen MR) is 127 cm³/mol. The molecule has 4 nitrogen and oxygen atoms in total. The Morgan fingerprint density at radius 3 is 2.59 bits per heavy atom. The van der Waals surface area contributed by atoms with Crippen molar-refractivity contribution in [3.8, 4) is 0 Å². The molecule has 0 radical (unpaired) electrons. The monoisotopic (exact) mass is 440 g/mol. The molecular formula is C28H40O4. The van der Waals surface area contributed by atoms with E-state index in [1.54, 1.807) is 0 Å². The zero-order valence-electron chi connectivity index (χ0n) is 20.1. The summed E-state index contributed by atoms with van der Waals surface area (Å²) in [5.41, 5.74) is 0.920. The number of esters is 1. The van der Waals surface area contributed by atoms with E-state index >= 15 is 0 Å². The van der Waals surface area contributed by atoms with Crippen molar-refractivity contribution in [2.75, 3.05) is 0 Å². The number of allylic oxidation sites excluding steroid dienone is 1. The van der Waals surface area contributed by atoms with Gasteiger partial charge in [-0.2, -0.15) is 0 Å². The van der Waals surface area contributed by atoms with Crippen LogP contribution in [0.2, 0.25) is 0 Å². The first-order chi connectivity index (χ1) is 15.3. The van der Waals surface area contributed by atoms with Crippen LogP contribution in [-0.2, 0) is 14.3 Å². The molecule has 0 aromatic heterocycles. The Labute approximate surface area is 193 Å². The summed E-state index contributed by atoms with van der Waals surface area (Å²) in [5, 5.41) is 10.4. The molecule has 2 saturated carbocycles. The van der Waals surface area contributed by atoms with Gasteiger partial charge >= 0.3 is 5.97 Å². The number of aliphatic hydroxyl groups is 1. The second kappa shape index (κ2) is 11.3. The van der Waals surface area contributed by atoms with E-state index in [1.807, 2.05) is 30.3 Å². The summed E-state index contributed by atoms with van der Waals surface area (Å²) < 4.78 is 5.62. The molecule has 0 saturated heterocycles. The Hall–Kier alpha value is -1.94. The number of Topliss-reactive ketones (excluding diaryl/α,β-unsaturated/α-hetero) is 1. The Bertz CT molecular complexity index is 784. The van der Waals surface area contributed by atoms with Crippen LogP contribution in [0.15, 0.2) is 42.5 Å². The lowest BCUT2D eigenvalue weighted by Crippen LogP contribution is -2.38. The molecule has 1 N–H and O–H groups in total. The second-order valence-electron chi connectivity index (χ2n) is 10.3. The highest BCUT2D eigenvalue weighted by molar-refractivity contribution is 5.85. The summed E-state index contributed by atoms with van der Waals surface area (Å²) >= 11 is 0. The van der Waals surface area contributed by atoms with E-state index in [0.29, 0.717) is 36.5 Å². The van der Waals surface area contributed by atoms with Gasteiger partial charge < -0.3 is 9.84 Å². The lowest BCUT2D eigenvalue weighted by atomic mass is 9.63. The minimum absolute atomic E-state index is 0.0724. The van der Waals surface area contributed by atoms with Gasteiger partial charge in [0.25, 0.3) is 0 Å². The van der Waals surface area contributed by atoms with Crippen LogP contribution >= 0.6 is 0 Å². The average molecular weight is 441 g/mol. The van der Waals surface area contributed by atoms with Crippen LogP contribution in [0.4, 0.5) is 0 Å². The van der Waals surface area contributed by atoms with Crippen molar-refractivity contribution in [3.63, 3.8) is 0 Å². The average Bonchev–Trinajstić information content (AvgIpc) is 3.05. The molecule has 2 aliphatic rings. The third kappa shape index (κ3) is 6.10. The molecule has 1 unspecified atom stereocenters. The number of aliphatic hydroxyl groups excluding tert-OH is 1. The molecule has 7 atom stereocenters. The van der Waals surface area contributed by atoms with E-state index in [-0.39, 0.29) is 29.7 Å². The molecular weight excluding hydrogens is 400 g/mol. The number of benzene rings is 1. The molecule has 0 amide bonds. The van der Waals surface area contributed by atoms with Crippen molar-refractivity contribution in [1.29, 1.82) is 0 Å². The number of carbonyl (C=O) groups excluding carboxylic acids is 2. The van der Waals surface area contributed by atoms with E-state index in [0.717, 1.165) is 18.4 Å². The van der Waals surface area contributed by atoms with Crippen molar-refractivity contribution in [2.24, 2.45) is 35.5 Å². The van der Waals surface area contributed by atoms with Crippen molar-refractivity contribution in [3.05, 3.63) is 48.0 Å². The molecule has 1 aromatic carbocycles. The highest BCUT2D eigenvalue weighted by Crippen LogP contribution is 2.48. The molecule has 2 fully saturated rings. The minimum atomic E-state index is -0.504. The fourth-order valence-electron chi connectivity index (χ4n) is 6.06. The van der Waals surface area contributed by atoms with Crippen LogP contribution in [-0.4, -0.2) is 23.0 Å². The van der Waals surface area contributed by atoms with Crippen LogP contribution < -0.4 is 0 Å². The predicted octanol–water partition coefficient (Wildman–Crippen LogP) is 5.90. The Kier molecular flexibility index (Phi) is 8.70. The van der Waals surface area contributed by atoms with Gasteiger partial charge in [0.05, 0.1) is 6.10 Å². The quantitative estimate of drug-likeness (QED) is 0.404. The molecule has 176 valence electrons. The molecule has 0 spiro atoms. The Morgan fingerprint density at radius 2 is 1.94 bits per heavy atom. The summed E-state index contributed by atoms with van der Waals surface area (Å²) in [7, 11) is 0. The number of rotatable bonds is 8. The molecule has 3 rings (SSSR count). The van der Waals surface area contributed by atoms with E-state index in [1.165, 1.54) is 19.8 Å². The summed E-state index contributed by atoms with van der Waals surface area (Å²) in [6.07, 6.45) is 8.45. The van der Waals surface area contributed by atoms with E-state index in [4.69, 9.17) is 4.74 Å². The number of hydrogen-bond acceptors (Lipinski definition) is 4. The van der Waals surface area contributed by atoms with Gasteiger partial charge in [-0.15, -0.1) is 0 Å². The summed E-state index contributed by atoms with van der Waals surface area (Å²) in [6.45, 7) is 8.26. The third-order valence-electron chi connectivity index (χ3n) is 7.62. The van der Waals surface area contributed by atoms with Crippen molar-refractivity contribution < 1.29 is 19.4 Å². The lowest BCUT2D eigenvalue weighted by molar-refractivity contribution is -0.147. The van der Waals surface area contributed by atoms with Gasteiger partial charge in [0.15, 0.2) is 0 Å². The zero-order chi connectivity index (χ0) is 23.3. The number of hydrogen-bond donors (Lipinski definition) is 1. The topological polar surface area (TPSA) is 63.6 Å². The van der Waals surface area contributed by atoms with Gasteiger partial charge in [-0.3, -0.25) is 9.59 Å². The van der Waals surface area contributed by atoms with Crippen LogP contribution in [0, 0.1) is 35.5 Å². The Morgan fingerprint density at radius 1 is 1.22 bits per heavy atom. The van der Waals surface area contributed by atoms with Crippen LogP contribution in [0.1, 0.15) is 77.9 Å². The van der Waals surface area contributed by atoms with Crippen molar-refractivity contribution >= 4 is 11.8 Å². The number of carbonyl (C=O) groups is 2. The largest absolute Gasteiger partial charge is 0.461 e. The fraction of sp³-hybridized carbons (Fsp3) is 0.643. The normalized spacial score (nSPS) is 31.9. The van der Waals surface area contributed by atoms with Gasteiger partial charge in [0.1, 0.15) is 11.9 Å². The maximum absolute atomic E-state index is 13.2. The molecule has 0 aliphatic heterocycles. The first kappa shape index (κ1) is 24.7. The van der Waals surface area contributed by atoms with Crippen molar-refractivity contribution in [2.45, 2.75) is 78.4 Å². The zero-order valence-corrected chi connectivity index (χ0v) is 20.1. The van der Waals surface area contributed by atoms with Crippen LogP contribution in [0.5, 0.6) is 0 Å². The van der Waals surface area contributed by atoms with E-state index < -0.39 is 6.10 Å². The Balaban J connectivity index is 1.75. The number of ether oxygens (including phenoxy) is 1. The second-order valence-corrected chi connectivity index (χ2v) is 10.3. The van der Waals surface area contributed by atoms with Gasteiger partial charge in [-0.25, -0.2) is 0 Å². The summed E-state index contributed by atoms with van der Waals surface area (Å²) in [4.78, 5) is 25.0. The maximum atomic E-state index is 13.2. The molecule has 4 heteroatoms. The van der Waals surface area contributed by atoms with Gasteiger partial charge in [-0.05, 0) is 54.9 Å². The van der Waals surface area contributed by atoms with Crippen LogP contribution in [0.25, 0.3) is 0 Å². The lowest BCUT2D eigenvalue weighted by Gasteiger charge is -2.41. The molecule has 0 bridgehead atoms. The number of ketones is 1. The molecule has 1 aromatic rings. The smallest absolute Gasteiger partial charge is 0.302 e. The molecule has 0 heterocycles. The standard InChI is InChI=1S/C28H40O4/c1-18(2)22-15-14-19(3)16-24(22)28-23(27(17-26(28)31)32-20(4)29)12-8-9-13-25(30)21-10-6-5-7-11-21/h5-8,10-12,18-19,22-25,27-28,30H,9,13-17H2,1-4H3/b12-8+/t19-,22-,23+,24-,25?,27-,28+/m1/s1. The van der Waals surface area contributed by atoms with Gasteiger partial charge in [0.2, 0.25) is 0 Å². The summed E-state index contributed by atoms with van der Waals surface area (Å²) in [6, 6.07) is 9.69. The van der Waals surface area contributed by atoms with Crippen molar-refractivity contribution in [1.82, 2.24) is 0 Å². The van der Waals surface area contributed by atoms with Crippen LogP contribution in [0.3, 0.4) is 0 Å². The maximum Gasteiger partial charge on any atom is 0.302 e. The van der Waals surface area contributed by atoms with Gasteiger partial charge in [0, 0.05) is 25.2 Å². The first-order valence-corrected chi connectivity index (χ1v) is 12.4. The summed E-state index contributed by atoms with van der Waals surface area (Å²) in [5.74, 6) is 1.82. The third-order valence-corrected chi connectivity index (χ3v) is 7.62. The van der Waals surface area contributed by atoms with E-state index in [2.05, 4.69) is 32.9 Å². The molecule has 2 aliphatic carbocycles. The van der Waals surface area contributed by atoms with Gasteiger partial charge in [-0.1, -0.05) is 69.7 Å².